The third-order valence-corrected chi connectivity index (χ3v) is 3.88. The lowest BCUT2D eigenvalue weighted by molar-refractivity contribution is -0.150. The number of esters is 1. The second-order valence-corrected chi connectivity index (χ2v) is 6.06. The maximum absolute atomic E-state index is 12.4. The molecule has 2 rings (SSSR count). The zero-order valence-electron chi connectivity index (χ0n) is 16.0. The van der Waals surface area contributed by atoms with Gasteiger partial charge in [-0.05, 0) is 50.2 Å². The smallest absolute Gasteiger partial charge is 0.329 e. The summed E-state index contributed by atoms with van der Waals surface area (Å²) in [5.74, 6) is -0.353. The van der Waals surface area contributed by atoms with Crippen LogP contribution in [0.2, 0.25) is 0 Å². The van der Waals surface area contributed by atoms with Crippen LogP contribution < -0.4 is 14.8 Å². The van der Waals surface area contributed by atoms with Gasteiger partial charge in [-0.25, -0.2) is 4.79 Å². The standard InChI is InChI=1S/C21H23NO6/c1-14(22-19(23)13-27-18-7-5-4-6-8-18)21(25)28-15(2)20(24)16-9-11-17(26-3)12-10-16/h4-12,14-15H,13H2,1-3H3,(H,22,23)/t14-,15-/m0/s1. The van der Waals surface area contributed by atoms with Gasteiger partial charge in [-0.15, -0.1) is 0 Å². The van der Waals surface area contributed by atoms with Gasteiger partial charge in [0.15, 0.2) is 12.7 Å². The second-order valence-electron chi connectivity index (χ2n) is 6.06. The lowest BCUT2D eigenvalue weighted by Gasteiger charge is -2.17. The molecule has 0 bridgehead atoms. The van der Waals surface area contributed by atoms with E-state index in [-0.39, 0.29) is 12.4 Å². The monoisotopic (exact) mass is 385 g/mol. The molecule has 148 valence electrons. The summed E-state index contributed by atoms with van der Waals surface area (Å²) < 4.78 is 15.5. The highest BCUT2D eigenvalue weighted by atomic mass is 16.5. The summed E-state index contributed by atoms with van der Waals surface area (Å²) in [5.41, 5.74) is 0.397. The summed E-state index contributed by atoms with van der Waals surface area (Å²) in [4.78, 5) is 36.4. The molecule has 0 saturated heterocycles. The number of methoxy groups -OCH3 is 1. The minimum atomic E-state index is -0.985. The normalized spacial score (nSPS) is 12.4. The number of hydrogen-bond donors (Lipinski definition) is 1. The summed E-state index contributed by atoms with van der Waals surface area (Å²) in [6.07, 6.45) is -0.985. The second kappa shape index (κ2) is 10.1. The summed E-state index contributed by atoms with van der Waals surface area (Å²) in [6, 6.07) is 14.4. The van der Waals surface area contributed by atoms with Gasteiger partial charge in [-0.3, -0.25) is 9.59 Å². The largest absolute Gasteiger partial charge is 0.497 e. The SMILES string of the molecule is COc1ccc(C(=O)[C@H](C)OC(=O)[C@H](C)NC(=O)COc2ccccc2)cc1. The third-order valence-electron chi connectivity index (χ3n) is 3.88. The van der Waals surface area contributed by atoms with Crippen LogP contribution in [0.1, 0.15) is 24.2 Å². The van der Waals surface area contributed by atoms with Crippen LogP contribution in [-0.2, 0) is 14.3 Å². The highest BCUT2D eigenvalue weighted by Gasteiger charge is 2.24. The Labute approximate surface area is 163 Å². The number of Topliss-reactive ketones (excluding diaryl/α,β-unsaturated/α-hetero) is 1. The van der Waals surface area contributed by atoms with Gasteiger partial charge in [0, 0.05) is 5.56 Å². The molecule has 0 fully saturated rings. The van der Waals surface area contributed by atoms with Crippen molar-refractivity contribution in [3.05, 3.63) is 60.2 Å². The van der Waals surface area contributed by atoms with Crippen molar-refractivity contribution in [2.75, 3.05) is 13.7 Å². The molecule has 0 heterocycles. The first-order valence-electron chi connectivity index (χ1n) is 8.76. The number of rotatable bonds is 9. The molecule has 7 heteroatoms. The summed E-state index contributed by atoms with van der Waals surface area (Å²) in [7, 11) is 1.53. The van der Waals surface area contributed by atoms with Gasteiger partial charge in [0.2, 0.25) is 5.78 Å². The number of carbonyl (C=O) groups is 3. The van der Waals surface area contributed by atoms with Gasteiger partial charge < -0.3 is 19.5 Å². The van der Waals surface area contributed by atoms with Crippen molar-refractivity contribution in [1.29, 1.82) is 0 Å². The first kappa shape index (κ1) is 21.0. The molecule has 0 aliphatic rings. The van der Waals surface area contributed by atoms with Crippen molar-refractivity contribution < 1.29 is 28.6 Å². The van der Waals surface area contributed by atoms with E-state index in [0.29, 0.717) is 17.1 Å². The fourth-order valence-electron chi connectivity index (χ4n) is 2.33. The zero-order chi connectivity index (χ0) is 20.5. The molecule has 1 amide bonds. The first-order valence-corrected chi connectivity index (χ1v) is 8.76. The summed E-state index contributed by atoms with van der Waals surface area (Å²) in [6.45, 7) is 2.73. The maximum Gasteiger partial charge on any atom is 0.329 e. The predicted octanol–water partition coefficient (Wildman–Crippen LogP) is 2.39. The fraction of sp³-hybridized carbons (Fsp3) is 0.286. The highest BCUT2D eigenvalue weighted by Crippen LogP contribution is 2.14. The molecule has 7 nitrogen and oxygen atoms in total. The molecule has 2 aromatic carbocycles. The predicted molar refractivity (Wildman–Crippen MR) is 102 cm³/mol. The van der Waals surface area contributed by atoms with Gasteiger partial charge in [-0.1, -0.05) is 18.2 Å². The van der Waals surface area contributed by atoms with E-state index in [1.165, 1.54) is 21.0 Å². The molecule has 0 radical (unpaired) electrons. The van der Waals surface area contributed by atoms with Crippen LogP contribution in [0.25, 0.3) is 0 Å². The highest BCUT2D eigenvalue weighted by molar-refractivity contribution is 6.00. The zero-order valence-corrected chi connectivity index (χ0v) is 16.0. The number of carbonyl (C=O) groups excluding carboxylic acids is 3. The Morgan fingerprint density at radius 3 is 2.18 bits per heavy atom. The van der Waals surface area contributed by atoms with Crippen molar-refractivity contribution >= 4 is 17.7 Å². The van der Waals surface area contributed by atoms with Gasteiger partial charge in [0.1, 0.15) is 17.5 Å². The minimum absolute atomic E-state index is 0.234. The topological polar surface area (TPSA) is 90.9 Å². The number of hydrogen-bond acceptors (Lipinski definition) is 6. The van der Waals surface area contributed by atoms with E-state index in [1.54, 1.807) is 48.5 Å². The molecule has 0 aliphatic carbocycles. The van der Waals surface area contributed by atoms with E-state index >= 15 is 0 Å². The van der Waals surface area contributed by atoms with Crippen LogP contribution >= 0.6 is 0 Å². The van der Waals surface area contributed by atoms with Crippen LogP contribution in [-0.4, -0.2) is 43.5 Å². The van der Waals surface area contributed by atoms with E-state index in [9.17, 15) is 14.4 Å². The molecular weight excluding hydrogens is 362 g/mol. The number of amides is 1. The number of benzene rings is 2. The lowest BCUT2D eigenvalue weighted by Crippen LogP contribution is -2.43. The van der Waals surface area contributed by atoms with E-state index in [0.717, 1.165) is 0 Å². The van der Waals surface area contributed by atoms with Crippen molar-refractivity contribution in [1.82, 2.24) is 5.32 Å². The molecule has 28 heavy (non-hydrogen) atoms. The van der Waals surface area contributed by atoms with Crippen molar-refractivity contribution in [2.45, 2.75) is 26.0 Å². The average molecular weight is 385 g/mol. The molecule has 0 saturated carbocycles. The quantitative estimate of drug-likeness (QED) is 0.526. The van der Waals surface area contributed by atoms with Crippen LogP contribution in [0.5, 0.6) is 11.5 Å². The van der Waals surface area contributed by atoms with E-state index in [2.05, 4.69) is 5.32 Å². The molecular formula is C21H23NO6. The summed E-state index contributed by atoms with van der Waals surface area (Å²) >= 11 is 0. The Bertz CT molecular complexity index is 803. The van der Waals surface area contributed by atoms with E-state index in [4.69, 9.17) is 14.2 Å². The third kappa shape index (κ3) is 6.12. The summed E-state index contributed by atoms with van der Waals surface area (Å²) in [5, 5.41) is 2.48. The number of ketones is 1. The van der Waals surface area contributed by atoms with Crippen molar-refractivity contribution in [2.24, 2.45) is 0 Å². The molecule has 2 atom stereocenters. The average Bonchev–Trinajstić information content (AvgIpc) is 2.72. The van der Waals surface area contributed by atoms with Gasteiger partial charge >= 0.3 is 5.97 Å². The maximum atomic E-state index is 12.4. The Kier molecular flexibility index (Phi) is 7.56. The first-order chi connectivity index (χ1) is 13.4. The van der Waals surface area contributed by atoms with Crippen LogP contribution in [0, 0.1) is 0 Å². The van der Waals surface area contributed by atoms with Crippen LogP contribution in [0.3, 0.4) is 0 Å². The van der Waals surface area contributed by atoms with Gasteiger partial charge in [-0.2, -0.15) is 0 Å². The Balaban J connectivity index is 1.81. The van der Waals surface area contributed by atoms with Crippen molar-refractivity contribution in [3.63, 3.8) is 0 Å². The lowest BCUT2D eigenvalue weighted by atomic mass is 10.1. The van der Waals surface area contributed by atoms with Crippen LogP contribution in [0.4, 0.5) is 0 Å². The number of ether oxygens (including phenoxy) is 3. The van der Waals surface area contributed by atoms with Gasteiger partial charge in [0.05, 0.1) is 7.11 Å². The number of para-hydroxylation sites is 1. The van der Waals surface area contributed by atoms with Crippen molar-refractivity contribution in [3.8, 4) is 11.5 Å². The van der Waals surface area contributed by atoms with Crippen LogP contribution in [0.15, 0.2) is 54.6 Å². The molecule has 0 aliphatic heterocycles. The fourth-order valence-corrected chi connectivity index (χ4v) is 2.33. The Hall–Kier alpha value is -3.35. The number of nitrogens with one attached hydrogen (secondary N) is 1. The van der Waals surface area contributed by atoms with Gasteiger partial charge in [0.25, 0.3) is 5.91 Å². The van der Waals surface area contributed by atoms with E-state index in [1.807, 2.05) is 6.07 Å². The molecule has 2 aromatic rings. The van der Waals surface area contributed by atoms with E-state index < -0.39 is 24.0 Å². The Morgan fingerprint density at radius 2 is 1.57 bits per heavy atom. The molecule has 1 N–H and O–H groups in total. The Morgan fingerprint density at radius 1 is 0.929 bits per heavy atom. The minimum Gasteiger partial charge on any atom is -0.497 e. The molecule has 0 spiro atoms. The molecule has 0 unspecified atom stereocenters. The molecule has 0 aromatic heterocycles.